The van der Waals surface area contributed by atoms with Crippen LogP contribution >= 0.6 is 0 Å². The predicted molar refractivity (Wildman–Crippen MR) is 66.1 cm³/mol. The van der Waals surface area contributed by atoms with E-state index in [1.165, 1.54) is 25.1 Å². The van der Waals surface area contributed by atoms with Crippen LogP contribution in [0.4, 0.5) is 5.69 Å². The highest BCUT2D eigenvalue weighted by Crippen LogP contribution is 2.29. The van der Waals surface area contributed by atoms with Gasteiger partial charge in [-0.25, -0.2) is 0 Å². The molecule has 2 rings (SSSR count). The Labute approximate surface area is 108 Å². The molecule has 1 aliphatic heterocycles. The molecule has 7 heteroatoms. The molecule has 0 saturated heterocycles. The summed E-state index contributed by atoms with van der Waals surface area (Å²) in [7, 11) is 0. The average Bonchev–Trinajstić information content (AvgIpc) is 2.58. The molecule has 0 aliphatic carbocycles. The van der Waals surface area contributed by atoms with Crippen LogP contribution in [0.15, 0.2) is 29.5 Å². The molecule has 0 unspecified atom stereocenters. The molecule has 19 heavy (non-hydrogen) atoms. The minimum Gasteiger partial charge on any atom is -0.505 e. The van der Waals surface area contributed by atoms with Gasteiger partial charge in [0, 0.05) is 5.57 Å². The Balaban J connectivity index is 2.40. The zero-order valence-electron chi connectivity index (χ0n) is 9.98. The van der Waals surface area contributed by atoms with Gasteiger partial charge < -0.3 is 16.2 Å². The van der Waals surface area contributed by atoms with Crippen molar-refractivity contribution in [2.45, 2.75) is 6.92 Å². The van der Waals surface area contributed by atoms with Gasteiger partial charge in [0.05, 0.1) is 11.3 Å². The van der Waals surface area contributed by atoms with Gasteiger partial charge in [0.25, 0.3) is 17.7 Å². The van der Waals surface area contributed by atoms with Gasteiger partial charge in [-0.15, -0.1) is 0 Å². The van der Waals surface area contributed by atoms with E-state index in [1.54, 1.807) is 0 Å². The second kappa shape index (κ2) is 4.45. The summed E-state index contributed by atoms with van der Waals surface area (Å²) in [4.78, 5) is 33.9. The van der Waals surface area contributed by atoms with E-state index in [0.717, 1.165) is 0 Å². The van der Waals surface area contributed by atoms with Crippen molar-refractivity contribution in [2.24, 2.45) is 5.73 Å². The number of benzene rings is 1. The SMILES string of the molecule is CC1=C(Nc2cccc(C(N)=O)c2O)C(=O)NC1=O. The van der Waals surface area contributed by atoms with Crippen molar-refractivity contribution >= 4 is 23.4 Å². The number of amides is 3. The Kier molecular flexibility index (Phi) is 2.95. The number of nitrogens with two attached hydrogens (primary N) is 1. The quantitative estimate of drug-likeness (QED) is 0.444. The van der Waals surface area contributed by atoms with Crippen LogP contribution in [0.25, 0.3) is 0 Å². The highest BCUT2D eigenvalue weighted by atomic mass is 16.3. The Hall–Kier alpha value is -2.83. The molecule has 0 spiro atoms. The van der Waals surface area contributed by atoms with Gasteiger partial charge in [0.1, 0.15) is 5.70 Å². The summed E-state index contributed by atoms with van der Waals surface area (Å²) in [5.41, 5.74) is 5.37. The first-order chi connectivity index (χ1) is 8.91. The third-order valence-electron chi connectivity index (χ3n) is 2.73. The van der Waals surface area contributed by atoms with Gasteiger partial charge in [0.15, 0.2) is 5.75 Å². The van der Waals surface area contributed by atoms with Crippen LogP contribution in [0.5, 0.6) is 5.75 Å². The number of nitrogens with one attached hydrogen (secondary N) is 2. The molecule has 0 aromatic heterocycles. The van der Waals surface area contributed by atoms with E-state index in [1.807, 2.05) is 0 Å². The average molecular weight is 261 g/mol. The number of imide groups is 1. The van der Waals surface area contributed by atoms with E-state index >= 15 is 0 Å². The summed E-state index contributed by atoms with van der Waals surface area (Å²) in [6.45, 7) is 1.47. The molecule has 1 aromatic carbocycles. The number of hydrogen-bond donors (Lipinski definition) is 4. The van der Waals surface area contributed by atoms with Crippen LogP contribution < -0.4 is 16.4 Å². The second-order valence-corrected chi connectivity index (χ2v) is 3.97. The van der Waals surface area contributed by atoms with Gasteiger partial charge in [-0.1, -0.05) is 6.07 Å². The van der Waals surface area contributed by atoms with Crippen LogP contribution in [0, 0.1) is 0 Å². The number of primary amides is 1. The minimum absolute atomic E-state index is 0.0296. The van der Waals surface area contributed by atoms with Crippen molar-refractivity contribution in [3.8, 4) is 5.75 Å². The summed E-state index contributed by atoms with van der Waals surface area (Å²) in [5.74, 6) is -2.26. The predicted octanol–water partition coefficient (Wildman–Crippen LogP) is -0.167. The van der Waals surface area contributed by atoms with E-state index in [9.17, 15) is 19.5 Å². The number of hydrogen-bond acceptors (Lipinski definition) is 5. The Bertz CT molecular complexity index is 634. The summed E-state index contributed by atoms with van der Waals surface area (Å²) in [5, 5.41) is 14.6. The van der Waals surface area contributed by atoms with E-state index in [0.29, 0.717) is 0 Å². The number of rotatable bonds is 3. The van der Waals surface area contributed by atoms with E-state index < -0.39 is 17.7 Å². The molecule has 0 bridgehead atoms. The zero-order chi connectivity index (χ0) is 14.2. The van der Waals surface area contributed by atoms with Crippen molar-refractivity contribution in [1.82, 2.24) is 5.32 Å². The third-order valence-corrected chi connectivity index (χ3v) is 2.73. The smallest absolute Gasteiger partial charge is 0.275 e. The topological polar surface area (TPSA) is 122 Å². The molecule has 7 nitrogen and oxygen atoms in total. The molecule has 0 fully saturated rings. The van der Waals surface area contributed by atoms with Gasteiger partial charge in [-0.3, -0.25) is 19.7 Å². The minimum atomic E-state index is -0.793. The van der Waals surface area contributed by atoms with E-state index in [4.69, 9.17) is 5.73 Å². The molecule has 1 aromatic rings. The summed E-state index contributed by atoms with van der Waals surface area (Å²) in [6, 6.07) is 4.30. The first-order valence-corrected chi connectivity index (χ1v) is 5.37. The molecule has 0 saturated carbocycles. The molecule has 0 radical (unpaired) electrons. The maximum atomic E-state index is 11.5. The first-order valence-electron chi connectivity index (χ1n) is 5.37. The molecular formula is C12H11N3O4. The van der Waals surface area contributed by atoms with Crippen molar-refractivity contribution in [1.29, 1.82) is 0 Å². The summed E-state index contributed by atoms with van der Waals surface area (Å²) in [6.07, 6.45) is 0. The lowest BCUT2D eigenvalue weighted by atomic mass is 10.1. The zero-order valence-corrected chi connectivity index (χ0v) is 9.98. The van der Waals surface area contributed by atoms with Crippen molar-refractivity contribution in [2.75, 3.05) is 5.32 Å². The lowest BCUT2D eigenvalue weighted by Gasteiger charge is -2.10. The number of para-hydroxylation sites is 1. The van der Waals surface area contributed by atoms with Crippen molar-refractivity contribution in [3.05, 3.63) is 35.0 Å². The summed E-state index contributed by atoms with van der Waals surface area (Å²) >= 11 is 0. The van der Waals surface area contributed by atoms with Crippen LogP contribution in [0.1, 0.15) is 17.3 Å². The van der Waals surface area contributed by atoms with Crippen molar-refractivity contribution in [3.63, 3.8) is 0 Å². The Morgan fingerprint density at radius 3 is 2.53 bits per heavy atom. The standard InChI is InChI=1S/C12H11N3O4/c1-5-8(12(19)15-11(5)18)14-7-4-2-3-6(9(7)16)10(13)17/h2-4,16H,1H3,(H2,13,17)(H2,14,15,18,19). The Morgan fingerprint density at radius 1 is 1.32 bits per heavy atom. The van der Waals surface area contributed by atoms with Gasteiger partial charge in [-0.2, -0.15) is 0 Å². The van der Waals surface area contributed by atoms with Gasteiger partial charge >= 0.3 is 0 Å². The number of carbonyl (C=O) groups is 3. The van der Waals surface area contributed by atoms with Gasteiger partial charge in [0.2, 0.25) is 0 Å². The lowest BCUT2D eigenvalue weighted by molar-refractivity contribution is -0.124. The van der Waals surface area contributed by atoms with Crippen LogP contribution in [0.3, 0.4) is 0 Å². The third kappa shape index (κ3) is 2.13. The normalized spacial score (nSPS) is 14.6. The van der Waals surface area contributed by atoms with E-state index in [2.05, 4.69) is 10.6 Å². The monoisotopic (exact) mass is 261 g/mol. The fraction of sp³-hybridized carbons (Fsp3) is 0.0833. The van der Waals surface area contributed by atoms with Crippen LogP contribution in [0.2, 0.25) is 0 Å². The van der Waals surface area contributed by atoms with Crippen LogP contribution in [-0.4, -0.2) is 22.8 Å². The second-order valence-electron chi connectivity index (χ2n) is 3.97. The Morgan fingerprint density at radius 2 is 2.00 bits per heavy atom. The van der Waals surface area contributed by atoms with Crippen molar-refractivity contribution < 1.29 is 19.5 Å². The molecule has 3 amide bonds. The maximum Gasteiger partial charge on any atom is 0.275 e. The van der Waals surface area contributed by atoms with E-state index in [-0.39, 0.29) is 28.3 Å². The molecule has 98 valence electrons. The highest BCUT2D eigenvalue weighted by Gasteiger charge is 2.27. The highest BCUT2D eigenvalue weighted by molar-refractivity contribution is 6.20. The number of aromatic hydroxyl groups is 1. The number of anilines is 1. The molecule has 1 aliphatic rings. The largest absolute Gasteiger partial charge is 0.505 e. The molecular weight excluding hydrogens is 250 g/mol. The molecule has 0 atom stereocenters. The summed E-state index contributed by atoms with van der Waals surface area (Å²) < 4.78 is 0. The maximum absolute atomic E-state index is 11.5. The van der Waals surface area contributed by atoms with Crippen LogP contribution in [-0.2, 0) is 9.59 Å². The number of carbonyl (C=O) groups excluding carboxylic acids is 3. The lowest BCUT2D eigenvalue weighted by Crippen LogP contribution is -2.24. The number of phenols is 1. The fourth-order valence-electron chi connectivity index (χ4n) is 1.67. The first kappa shape index (κ1) is 12.6. The van der Waals surface area contributed by atoms with Gasteiger partial charge in [-0.05, 0) is 19.1 Å². The fourth-order valence-corrected chi connectivity index (χ4v) is 1.67. The molecule has 5 N–H and O–H groups in total. The molecule has 1 heterocycles.